The van der Waals surface area contributed by atoms with Crippen molar-refractivity contribution in [2.45, 2.75) is 19.9 Å². The van der Waals surface area contributed by atoms with Crippen LogP contribution in [0.5, 0.6) is 0 Å². The van der Waals surface area contributed by atoms with E-state index in [0.29, 0.717) is 24.7 Å². The minimum atomic E-state index is -0.244. The summed E-state index contributed by atoms with van der Waals surface area (Å²) in [4.78, 5) is 4.11. The van der Waals surface area contributed by atoms with Crippen molar-refractivity contribution >= 4 is 15.9 Å². The standard InChI is InChI=1S/C12H13BrFN3O/c1-8-16-12(18-17-8)4-5-15-7-9-2-3-10(14)6-11(9)13/h2-3,6,15H,4-5,7H2,1H3. The molecule has 0 amide bonds. The Morgan fingerprint density at radius 3 is 2.94 bits per heavy atom. The minimum Gasteiger partial charge on any atom is -0.339 e. The Bertz CT molecular complexity index is 530. The number of aryl methyl sites for hydroxylation is 1. The first-order chi connectivity index (χ1) is 8.65. The largest absolute Gasteiger partial charge is 0.339 e. The van der Waals surface area contributed by atoms with Crippen LogP contribution >= 0.6 is 15.9 Å². The maximum Gasteiger partial charge on any atom is 0.227 e. The zero-order valence-electron chi connectivity index (χ0n) is 9.91. The maximum absolute atomic E-state index is 12.9. The van der Waals surface area contributed by atoms with E-state index in [1.807, 2.05) is 0 Å². The summed E-state index contributed by atoms with van der Waals surface area (Å²) in [5.74, 6) is 1.02. The van der Waals surface area contributed by atoms with Gasteiger partial charge in [-0.15, -0.1) is 0 Å². The molecule has 1 aromatic heterocycles. The highest BCUT2D eigenvalue weighted by atomic mass is 79.9. The number of rotatable bonds is 5. The molecule has 1 heterocycles. The van der Waals surface area contributed by atoms with Crippen LogP contribution in [-0.4, -0.2) is 16.7 Å². The van der Waals surface area contributed by atoms with Crippen molar-refractivity contribution in [2.24, 2.45) is 0 Å². The fourth-order valence-electron chi connectivity index (χ4n) is 1.53. The summed E-state index contributed by atoms with van der Waals surface area (Å²) >= 11 is 3.33. The molecule has 0 radical (unpaired) electrons. The van der Waals surface area contributed by atoms with Crippen LogP contribution in [0.15, 0.2) is 27.2 Å². The predicted octanol–water partition coefficient (Wildman–Crippen LogP) is 2.61. The molecule has 1 N–H and O–H groups in total. The van der Waals surface area contributed by atoms with Gasteiger partial charge in [0.15, 0.2) is 5.82 Å². The van der Waals surface area contributed by atoms with Gasteiger partial charge in [-0.1, -0.05) is 27.2 Å². The van der Waals surface area contributed by atoms with Crippen LogP contribution in [0.25, 0.3) is 0 Å². The molecule has 96 valence electrons. The topological polar surface area (TPSA) is 51.0 Å². The van der Waals surface area contributed by atoms with Crippen molar-refractivity contribution in [1.29, 1.82) is 0 Å². The molecule has 4 nitrogen and oxygen atoms in total. The van der Waals surface area contributed by atoms with Crippen molar-refractivity contribution in [1.82, 2.24) is 15.5 Å². The van der Waals surface area contributed by atoms with Gasteiger partial charge in [0, 0.05) is 24.0 Å². The Balaban J connectivity index is 1.78. The molecule has 0 aliphatic heterocycles. The second-order valence-corrected chi connectivity index (χ2v) is 4.75. The highest BCUT2D eigenvalue weighted by Crippen LogP contribution is 2.17. The molecule has 6 heteroatoms. The lowest BCUT2D eigenvalue weighted by molar-refractivity contribution is 0.372. The van der Waals surface area contributed by atoms with E-state index in [4.69, 9.17) is 4.52 Å². The molecule has 0 fully saturated rings. The van der Waals surface area contributed by atoms with Crippen LogP contribution in [0, 0.1) is 12.7 Å². The molecule has 18 heavy (non-hydrogen) atoms. The van der Waals surface area contributed by atoms with E-state index in [-0.39, 0.29) is 5.82 Å². The highest BCUT2D eigenvalue weighted by molar-refractivity contribution is 9.10. The van der Waals surface area contributed by atoms with Crippen LogP contribution in [0.3, 0.4) is 0 Å². The van der Waals surface area contributed by atoms with Crippen molar-refractivity contribution in [2.75, 3.05) is 6.54 Å². The Morgan fingerprint density at radius 2 is 2.28 bits per heavy atom. The van der Waals surface area contributed by atoms with Gasteiger partial charge in [-0.3, -0.25) is 0 Å². The minimum absolute atomic E-state index is 0.244. The summed E-state index contributed by atoms with van der Waals surface area (Å²) in [6.45, 7) is 3.18. The number of halogens is 2. The van der Waals surface area contributed by atoms with Gasteiger partial charge < -0.3 is 9.84 Å². The van der Waals surface area contributed by atoms with E-state index in [1.54, 1.807) is 13.0 Å². The van der Waals surface area contributed by atoms with E-state index in [9.17, 15) is 4.39 Å². The molecular weight excluding hydrogens is 301 g/mol. The Labute approximate surface area is 113 Å². The van der Waals surface area contributed by atoms with Gasteiger partial charge in [0.05, 0.1) is 0 Å². The SMILES string of the molecule is Cc1noc(CCNCc2ccc(F)cc2Br)n1. The van der Waals surface area contributed by atoms with E-state index >= 15 is 0 Å². The molecule has 0 spiro atoms. The summed E-state index contributed by atoms with van der Waals surface area (Å²) in [6.07, 6.45) is 0.680. The summed E-state index contributed by atoms with van der Waals surface area (Å²) in [5, 5.41) is 6.95. The molecule has 0 aliphatic carbocycles. The summed E-state index contributed by atoms with van der Waals surface area (Å²) < 4.78 is 18.6. The number of nitrogens with zero attached hydrogens (tertiary/aromatic N) is 2. The van der Waals surface area contributed by atoms with Gasteiger partial charge in [0.1, 0.15) is 5.82 Å². The molecule has 2 rings (SSSR count). The molecule has 2 aromatic rings. The average Bonchev–Trinajstić information content (AvgIpc) is 2.73. The van der Waals surface area contributed by atoms with Gasteiger partial charge in [-0.2, -0.15) is 4.98 Å². The Kier molecular flexibility index (Phi) is 4.43. The van der Waals surface area contributed by atoms with Gasteiger partial charge in [0.2, 0.25) is 5.89 Å². The number of hydrogen-bond donors (Lipinski definition) is 1. The first-order valence-corrected chi connectivity index (χ1v) is 6.38. The van der Waals surface area contributed by atoms with Crippen LogP contribution in [0.1, 0.15) is 17.3 Å². The van der Waals surface area contributed by atoms with Crippen molar-refractivity contribution in [3.8, 4) is 0 Å². The van der Waals surface area contributed by atoms with Crippen molar-refractivity contribution in [3.05, 3.63) is 45.8 Å². The third-order valence-corrected chi connectivity index (χ3v) is 3.15. The van der Waals surface area contributed by atoms with Gasteiger partial charge in [-0.05, 0) is 24.6 Å². The molecule has 0 bridgehead atoms. The van der Waals surface area contributed by atoms with E-state index in [1.165, 1.54) is 12.1 Å². The van der Waals surface area contributed by atoms with Gasteiger partial charge in [0.25, 0.3) is 0 Å². The molecule has 0 aliphatic rings. The zero-order valence-corrected chi connectivity index (χ0v) is 11.5. The molecule has 0 saturated carbocycles. The van der Waals surface area contributed by atoms with E-state index in [0.717, 1.165) is 16.6 Å². The molecule has 0 atom stereocenters. The zero-order chi connectivity index (χ0) is 13.0. The third-order valence-electron chi connectivity index (χ3n) is 2.42. The maximum atomic E-state index is 12.9. The highest BCUT2D eigenvalue weighted by Gasteiger charge is 2.03. The Morgan fingerprint density at radius 1 is 1.44 bits per heavy atom. The molecule has 0 saturated heterocycles. The van der Waals surface area contributed by atoms with Crippen LogP contribution < -0.4 is 5.32 Å². The lowest BCUT2D eigenvalue weighted by Gasteiger charge is -2.05. The lowest BCUT2D eigenvalue weighted by Crippen LogP contribution is -2.17. The summed E-state index contributed by atoms with van der Waals surface area (Å²) in [6, 6.07) is 4.66. The second kappa shape index (κ2) is 6.06. The van der Waals surface area contributed by atoms with Crippen molar-refractivity contribution < 1.29 is 8.91 Å². The molecule has 1 aromatic carbocycles. The normalized spacial score (nSPS) is 10.8. The number of aromatic nitrogens is 2. The van der Waals surface area contributed by atoms with Gasteiger partial charge >= 0.3 is 0 Å². The van der Waals surface area contributed by atoms with Crippen LogP contribution in [-0.2, 0) is 13.0 Å². The van der Waals surface area contributed by atoms with E-state index < -0.39 is 0 Å². The predicted molar refractivity (Wildman–Crippen MR) is 68.5 cm³/mol. The average molecular weight is 314 g/mol. The quantitative estimate of drug-likeness (QED) is 0.862. The van der Waals surface area contributed by atoms with Crippen LogP contribution in [0.2, 0.25) is 0 Å². The number of hydrogen-bond acceptors (Lipinski definition) is 4. The second-order valence-electron chi connectivity index (χ2n) is 3.90. The molecule has 0 unspecified atom stereocenters. The Hall–Kier alpha value is -1.27. The van der Waals surface area contributed by atoms with Crippen molar-refractivity contribution in [3.63, 3.8) is 0 Å². The number of nitrogens with one attached hydrogen (secondary N) is 1. The first-order valence-electron chi connectivity index (χ1n) is 5.59. The molecular formula is C12H13BrFN3O. The third kappa shape index (κ3) is 3.61. The number of benzene rings is 1. The monoisotopic (exact) mass is 313 g/mol. The van der Waals surface area contributed by atoms with E-state index in [2.05, 4.69) is 31.4 Å². The summed E-state index contributed by atoms with van der Waals surface area (Å²) in [5.41, 5.74) is 1.01. The fraction of sp³-hybridized carbons (Fsp3) is 0.333. The summed E-state index contributed by atoms with van der Waals surface area (Å²) in [7, 11) is 0. The smallest absolute Gasteiger partial charge is 0.227 e. The fourth-order valence-corrected chi connectivity index (χ4v) is 2.02. The van der Waals surface area contributed by atoms with Crippen LogP contribution in [0.4, 0.5) is 4.39 Å². The first kappa shape index (κ1) is 13.2. The van der Waals surface area contributed by atoms with Gasteiger partial charge in [-0.25, -0.2) is 4.39 Å². The lowest BCUT2D eigenvalue weighted by atomic mass is 10.2.